The minimum atomic E-state index is -0.564. The van der Waals surface area contributed by atoms with Crippen LogP contribution in [0.5, 0.6) is 0 Å². The Morgan fingerprint density at radius 3 is 2.79 bits per heavy atom. The highest BCUT2D eigenvalue weighted by molar-refractivity contribution is 5.36. The fourth-order valence-corrected chi connectivity index (χ4v) is 1.15. The topological polar surface area (TPSA) is 69.2 Å². The summed E-state index contributed by atoms with van der Waals surface area (Å²) in [5.74, 6) is -0.495. The average Bonchev–Trinajstić information content (AvgIpc) is 2.17. The van der Waals surface area contributed by atoms with Crippen LogP contribution in [0.3, 0.4) is 0 Å². The van der Waals surface area contributed by atoms with Gasteiger partial charge in [0.1, 0.15) is 5.82 Å². The summed E-state index contributed by atoms with van der Waals surface area (Å²) in [6, 6.07) is 2.89. The Morgan fingerprint density at radius 2 is 2.29 bits per heavy atom. The molecule has 1 rings (SSSR count). The second-order valence-corrected chi connectivity index (χ2v) is 2.98. The van der Waals surface area contributed by atoms with Crippen molar-refractivity contribution in [1.29, 1.82) is 0 Å². The molecule has 0 unspecified atom stereocenters. The maximum absolute atomic E-state index is 13.2. The highest BCUT2D eigenvalue weighted by Crippen LogP contribution is 2.22. The lowest BCUT2D eigenvalue weighted by Gasteiger charge is -2.09. The molecule has 0 radical (unpaired) electrons. The quantitative estimate of drug-likeness (QED) is 0.597. The van der Waals surface area contributed by atoms with Gasteiger partial charge in [-0.15, -0.1) is 0 Å². The normalized spacial score (nSPS) is 12.5. The highest BCUT2D eigenvalue weighted by Gasteiger charge is 2.14. The standard InChI is InChI=1S/C9H11FN2O2/c1-2-9(11)7-5-6(12(13)14)3-4-8(7)10/h3-5,9H,2,11H2,1H3/t9-/m1/s1. The zero-order valence-electron chi connectivity index (χ0n) is 7.74. The summed E-state index contributed by atoms with van der Waals surface area (Å²) in [7, 11) is 0. The fourth-order valence-electron chi connectivity index (χ4n) is 1.15. The third-order valence-corrected chi connectivity index (χ3v) is 2.03. The number of benzene rings is 1. The summed E-state index contributed by atoms with van der Waals surface area (Å²) < 4.78 is 13.2. The Labute approximate surface area is 80.7 Å². The van der Waals surface area contributed by atoms with Gasteiger partial charge in [0, 0.05) is 23.7 Å². The molecule has 1 aromatic carbocycles. The lowest BCUT2D eigenvalue weighted by molar-refractivity contribution is -0.385. The lowest BCUT2D eigenvalue weighted by atomic mass is 10.0. The van der Waals surface area contributed by atoms with Crippen LogP contribution in [0.25, 0.3) is 0 Å². The van der Waals surface area contributed by atoms with Gasteiger partial charge in [0.15, 0.2) is 0 Å². The van der Waals surface area contributed by atoms with Crippen molar-refractivity contribution in [3.8, 4) is 0 Å². The fraction of sp³-hybridized carbons (Fsp3) is 0.333. The number of halogens is 1. The van der Waals surface area contributed by atoms with Crippen molar-refractivity contribution >= 4 is 5.69 Å². The van der Waals surface area contributed by atoms with Crippen molar-refractivity contribution < 1.29 is 9.31 Å². The predicted octanol–water partition coefficient (Wildman–Crippen LogP) is 2.14. The summed E-state index contributed by atoms with van der Waals surface area (Å²) in [5, 5.41) is 10.4. The molecule has 0 aromatic heterocycles. The molecule has 76 valence electrons. The molecule has 0 amide bonds. The Morgan fingerprint density at radius 1 is 1.64 bits per heavy atom. The molecule has 5 heteroatoms. The van der Waals surface area contributed by atoms with E-state index in [9.17, 15) is 14.5 Å². The van der Waals surface area contributed by atoms with Crippen LogP contribution in [0.2, 0.25) is 0 Å². The van der Waals surface area contributed by atoms with Crippen LogP contribution in [0, 0.1) is 15.9 Å². The third kappa shape index (κ3) is 2.05. The first-order valence-electron chi connectivity index (χ1n) is 4.25. The highest BCUT2D eigenvalue weighted by atomic mass is 19.1. The number of hydrogen-bond donors (Lipinski definition) is 1. The molecule has 0 aliphatic carbocycles. The van der Waals surface area contributed by atoms with E-state index < -0.39 is 16.8 Å². The molecule has 0 saturated heterocycles. The summed E-state index contributed by atoms with van der Waals surface area (Å²) in [6.45, 7) is 1.79. The zero-order valence-corrected chi connectivity index (χ0v) is 7.74. The second kappa shape index (κ2) is 4.15. The monoisotopic (exact) mass is 198 g/mol. The van der Waals surface area contributed by atoms with E-state index in [1.165, 1.54) is 6.07 Å². The van der Waals surface area contributed by atoms with Gasteiger partial charge in [0.25, 0.3) is 5.69 Å². The minimum absolute atomic E-state index is 0.134. The van der Waals surface area contributed by atoms with E-state index in [2.05, 4.69) is 0 Å². The van der Waals surface area contributed by atoms with E-state index in [1.54, 1.807) is 6.92 Å². The Kier molecular flexibility index (Phi) is 3.14. The average molecular weight is 198 g/mol. The van der Waals surface area contributed by atoms with Crippen molar-refractivity contribution in [2.24, 2.45) is 5.73 Å². The van der Waals surface area contributed by atoms with Crippen LogP contribution >= 0.6 is 0 Å². The SMILES string of the molecule is CC[C@@H](N)c1cc([N+](=O)[O-])ccc1F. The molecule has 0 saturated carbocycles. The number of nitrogens with two attached hydrogens (primary N) is 1. The molecule has 14 heavy (non-hydrogen) atoms. The van der Waals surface area contributed by atoms with E-state index in [0.717, 1.165) is 12.1 Å². The van der Waals surface area contributed by atoms with E-state index in [1.807, 2.05) is 0 Å². The summed E-state index contributed by atoms with van der Waals surface area (Å²) in [4.78, 5) is 9.85. The number of rotatable bonds is 3. The number of non-ortho nitro benzene ring substituents is 1. The van der Waals surface area contributed by atoms with Crippen LogP contribution < -0.4 is 5.73 Å². The summed E-state index contributed by atoms with van der Waals surface area (Å²) in [6.07, 6.45) is 0.540. The van der Waals surface area contributed by atoms with Crippen molar-refractivity contribution in [3.63, 3.8) is 0 Å². The van der Waals surface area contributed by atoms with Gasteiger partial charge >= 0.3 is 0 Å². The minimum Gasteiger partial charge on any atom is -0.324 e. The Bertz CT molecular complexity index is 355. The van der Waals surface area contributed by atoms with Crippen molar-refractivity contribution in [2.75, 3.05) is 0 Å². The van der Waals surface area contributed by atoms with Crippen molar-refractivity contribution in [2.45, 2.75) is 19.4 Å². The van der Waals surface area contributed by atoms with Crippen LogP contribution in [-0.4, -0.2) is 4.92 Å². The molecular weight excluding hydrogens is 187 g/mol. The van der Waals surface area contributed by atoms with Crippen LogP contribution in [0.4, 0.5) is 10.1 Å². The smallest absolute Gasteiger partial charge is 0.269 e. The Hall–Kier alpha value is -1.49. The van der Waals surface area contributed by atoms with Gasteiger partial charge in [0.2, 0.25) is 0 Å². The molecule has 1 aromatic rings. The predicted molar refractivity (Wildman–Crippen MR) is 50.3 cm³/mol. The third-order valence-electron chi connectivity index (χ3n) is 2.03. The van der Waals surface area contributed by atoms with Gasteiger partial charge in [0.05, 0.1) is 4.92 Å². The first-order chi connectivity index (χ1) is 6.56. The molecule has 0 spiro atoms. The zero-order chi connectivity index (χ0) is 10.7. The number of hydrogen-bond acceptors (Lipinski definition) is 3. The molecule has 0 aliphatic rings. The number of nitro benzene ring substituents is 1. The van der Waals surface area contributed by atoms with Crippen molar-refractivity contribution in [1.82, 2.24) is 0 Å². The second-order valence-electron chi connectivity index (χ2n) is 2.98. The van der Waals surface area contributed by atoms with Crippen LogP contribution in [0.1, 0.15) is 24.9 Å². The number of nitrogens with zero attached hydrogens (tertiary/aromatic N) is 1. The Balaban J connectivity index is 3.14. The molecular formula is C9H11FN2O2. The lowest BCUT2D eigenvalue weighted by Crippen LogP contribution is -2.11. The molecule has 2 N–H and O–H groups in total. The maximum Gasteiger partial charge on any atom is 0.269 e. The van der Waals surface area contributed by atoms with E-state index in [-0.39, 0.29) is 11.3 Å². The van der Waals surface area contributed by atoms with Gasteiger partial charge in [-0.25, -0.2) is 4.39 Å². The first kappa shape index (κ1) is 10.6. The molecule has 0 bridgehead atoms. The maximum atomic E-state index is 13.2. The van der Waals surface area contributed by atoms with E-state index in [4.69, 9.17) is 5.73 Å². The van der Waals surface area contributed by atoms with Gasteiger partial charge in [-0.1, -0.05) is 6.92 Å². The summed E-state index contributed by atoms with van der Waals surface area (Å²) >= 11 is 0. The van der Waals surface area contributed by atoms with Gasteiger partial charge in [-0.2, -0.15) is 0 Å². The van der Waals surface area contributed by atoms with Crippen molar-refractivity contribution in [3.05, 3.63) is 39.7 Å². The number of nitro groups is 1. The molecule has 0 aliphatic heterocycles. The molecule has 0 fully saturated rings. The van der Waals surface area contributed by atoms with Gasteiger partial charge in [-0.05, 0) is 12.5 Å². The van der Waals surface area contributed by atoms with Gasteiger partial charge < -0.3 is 5.73 Å². The molecule has 0 heterocycles. The largest absolute Gasteiger partial charge is 0.324 e. The molecule has 4 nitrogen and oxygen atoms in total. The molecule has 1 atom stereocenters. The van der Waals surface area contributed by atoms with E-state index >= 15 is 0 Å². The van der Waals surface area contributed by atoms with E-state index in [0.29, 0.717) is 6.42 Å². The van der Waals surface area contributed by atoms with Gasteiger partial charge in [-0.3, -0.25) is 10.1 Å². The first-order valence-corrected chi connectivity index (χ1v) is 4.25. The summed E-state index contributed by atoms with van der Waals surface area (Å²) in [5.41, 5.74) is 5.66. The van der Waals surface area contributed by atoms with Crippen LogP contribution in [-0.2, 0) is 0 Å². The van der Waals surface area contributed by atoms with Crippen LogP contribution in [0.15, 0.2) is 18.2 Å².